The van der Waals surface area contributed by atoms with Crippen LogP contribution in [0, 0.1) is 0 Å². The van der Waals surface area contributed by atoms with Gasteiger partial charge in [-0.1, -0.05) is 386 Å². The van der Waals surface area contributed by atoms with E-state index < -0.39 is 12.1 Å². The van der Waals surface area contributed by atoms with Crippen molar-refractivity contribution in [3.8, 4) is 0 Å². The van der Waals surface area contributed by atoms with Gasteiger partial charge in [0.2, 0.25) is 5.91 Å². The van der Waals surface area contributed by atoms with Crippen molar-refractivity contribution >= 4 is 11.9 Å². The van der Waals surface area contributed by atoms with Crippen molar-refractivity contribution in [2.75, 3.05) is 13.2 Å². The van der Waals surface area contributed by atoms with E-state index >= 15 is 0 Å². The van der Waals surface area contributed by atoms with Gasteiger partial charge in [-0.3, -0.25) is 9.59 Å². The van der Waals surface area contributed by atoms with E-state index in [0.29, 0.717) is 25.9 Å². The predicted octanol–water partition coefficient (Wildman–Crippen LogP) is 24.7. The van der Waals surface area contributed by atoms with Gasteiger partial charge in [0.25, 0.3) is 0 Å². The van der Waals surface area contributed by atoms with Crippen molar-refractivity contribution < 1.29 is 24.5 Å². The summed E-state index contributed by atoms with van der Waals surface area (Å²) < 4.78 is 5.52. The van der Waals surface area contributed by atoms with E-state index in [1.54, 1.807) is 0 Å². The van der Waals surface area contributed by atoms with Crippen LogP contribution < -0.4 is 5.32 Å². The Morgan fingerprint density at radius 3 is 0.866 bits per heavy atom. The molecule has 3 N–H and O–H groups in total. The molecule has 2 unspecified atom stereocenters. The zero-order valence-corrected chi connectivity index (χ0v) is 56.0. The summed E-state index contributed by atoms with van der Waals surface area (Å²) in [5, 5.41) is 23.3. The van der Waals surface area contributed by atoms with E-state index in [0.717, 1.165) is 38.5 Å². The maximum atomic E-state index is 12.5. The van der Waals surface area contributed by atoms with Gasteiger partial charge >= 0.3 is 5.97 Å². The zero-order chi connectivity index (χ0) is 59.2. The molecule has 0 spiro atoms. The van der Waals surface area contributed by atoms with Crippen molar-refractivity contribution in [2.45, 2.75) is 450 Å². The number of amides is 1. The minimum atomic E-state index is -0.661. The molecule has 0 aromatic heterocycles. The normalized spacial score (nSPS) is 12.5. The second kappa shape index (κ2) is 72.1. The van der Waals surface area contributed by atoms with Crippen molar-refractivity contribution in [3.05, 3.63) is 12.2 Å². The van der Waals surface area contributed by atoms with Crippen LogP contribution >= 0.6 is 0 Å². The minimum absolute atomic E-state index is 0.0241. The van der Waals surface area contributed by atoms with Crippen LogP contribution in [0.15, 0.2) is 12.2 Å². The summed E-state index contributed by atoms with van der Waals surface area (Å²) >= 11 is 0. The second-order valence-electron chi connectivity index (χ2n) is 26.3. The molecule has 0 aliphatic heterocycles. The molecule has 0 bridgehead atoms. The van der Waals surface area contributed by atoms with Gasteiger partial charge in [-0.15, -0.1) is 0 Å². The number of hydrogen-bond donors (Lipinski definition) is 3. The van der Waals surface area contributed by atoms with E-state index in [1.807, 2.05) is 0 Å². The number of hydrogen-bond acceptors (Lipinski definition) is 5. The number of nitrogens with one attached hydrogen (secondary N) is 1. The number of carbonyl (C=O) groups is 2. The molecule has 0 aliphatic rings. The van der Waals surface area contributed by atoms with Gasteiger partial charge in [0.15, 0.2) is 0 Å². The first-order chi connectivity index (χ1) is 40.5. The number of allylic oxidation sites excluding steroid dienone is 2. The van der Waals surface area contributed by atoms with Gasteiger partial charge in [-0.2, -0.15) is 0 Å². The summed E-state index contributed by atoms with van der Waals surface area (Å²) in [7, 11) is 0. The Morgan fingerprint density at radius 1 is 0.329 bits per heavy atom. The molecular weight excluding hydrogens is 1010 g/mol. The van der Waals surface area contributed by atoms with Crippen molar-refractivity contribution in [3.63, 3.8) is 0 Å². The fourth-order valence-corrected chi connectivity index (χ4v) is 12.3. The van der Waals surface area contributed by atoms with Gasteiger partial charge in [0, 0.05) is 12.8 Å². The number of ether oxygens (including phenoxy) is 1. The first kappa shape index (κ1) is 80.6. The van der Waals surface area contributed by atoms with E-state index in [1.165, 1.54) is 366 Å². The van der Waals surface area contributed by atoms with Crippen LogP contribution in [0.4, 0.5) is 0 Å². The van der Waals surface area contributed by atoms with E-state index in [-0.39, 0.29) is 18.5 Å². The molecule has 0 saturated carbocycles. The lowest BCUT2D eigenvalue weighted by molar-refractivity contribution is -0.143. The maximum absolute atomic E-state index is 12.5. The Hall–Kier alpha value is -1.40. The number of esters is 1. The molecule has 1 amide bonds. The highest BCUT2D eigenvalue weighted by Gasteiger charge is 2.20. The van der Waals surface area contributed by atoms with E-state index in [9.17, 15) is 19.8 Å². The average molecular weight is 1160 g/mol. The zero-order valence-electron chi connectivity index (χ0n) is 56.0. The average Bonchev–Trinajstić information content (AvgIpc) is 3.48. The SMILES string of the molecule is CCCCCCCCCCCCCCCCCCCCCC(=O)OCCCCCCCCCCCCCC/C=C\CCCCCCCCCCCCCCCCCCC(=O)NC(CO)C(O)CCCCCCCCCCCCCCCC. The largest absolute Gasteiger partial charge is 0.466 e. The van der Waals surface area contributed by atoms with Gasteiger partial charge in [-0.25, -0.2) is 0 Å². The van der Waals surface area contributed by atoms with Gasteiger partial charge in [0.05, 0.1) is 25.4 Å². The molecule has 0 fully saturated rings. The highest BCUT2D eigenvalue weighted by atomic mass is 16.5. The Labute approximate surface area is 514 Å². The van der Waals surface area contributed by atoms with Crippen LogP contribution in [0.3, 0.4) is 0 Å². The second-order valence-corrected chi connectivity index (χ2v) is 26.3. The fraction of sp³-hybridized carbons (Fsp3) is 0.947. The highest BCUT2D eigenvalue weighted by Crippen LogP contribution is 2.20. The molecule has 0 radical (unpaired) electrons. The molecule has 2 atom stereocenters. The van der Waals surface area contributed by atoms with E-state index in [2.05, 4.69) is 31.3 Å². The van der Waals surface area contributed by atoms with Crippen LogP contribution in [0.2, 0.25) is 0 Å². The third-order valence-electron chi connectivity index (χ3n) is 18.1. The first-order valence-electron chi connectivity index (χ1n) is 37.9. The molecule has 6 nitrogen and oxygen atoms in total. The van der Waals surface area contributed by atoms with Crippen LogP contribution in [-0.4, -0.2) is 47.4 Å². The lowest BCUT2D eigenvalue weighted by atomic mass is 10.0. The molecular formula is C76H149NO5. The molecule has 82 heavy (non-hydrogen) atoms. The smallest absolute Gasteiger partial charge is 0.305 e. The molecule has 6 heteroatoms. The number of carbonyl (C=O) groups excluding carboxylic acids is 2. The number of rotatable bonds is 72. The van der Waals surface area contributed by atoms with Crippen molar-refractivity contribution in [2.24, 2.45) is 0 Å². The first-order valence-corrected chi connectivity index (χ1v) is 37.9. The third kappa shape index (κ3) is 67.7. The fourth-order valence-electron chi connectivity index (χ4n) is 12.3. The summed E-state index contributed by atoms with van der Waals surface area (Å²) in [6.07, 6.45) is 90.1. The Bertz CT molecular complexity index is 1240. The summed E-state index contributed by atoms with van der Waals surface area (Å²) in [5.74, 6) is -0.00498. The molecule has 488 valence electrons. The summed E-state index contributed by atoms with van der Waals surface area (Å²) in [6.45, 7) is 5.00. The molecule has 0 aliphatic carbocycles. The summed E-state index contributed by atoms with van der Waals surface area (Å²) in [6, 6.07) is -0.538. The number of aliphatic hydroxyl groups excluding tert-OH is 2. The quantitative estimate of drug-likeness (QED) is 0.0320. The molecule has 0 aromatic carbocycles. The summed E-state index contributed by atoms with van der Waals surface area (Å²) in [4.78, 5) is 24.6. The van der Waals surface area contributed by atoms with Crippen LogP contribution in [0.1, 0.15) is 438 Å². The Morgan fingerprint density at radius 2 is 0.573 bits per heavy atom. The lowest BCUT2D eigenvalue weighted by Gasteiger charge is -2.22. The van der Waals surface area contributed by atoms with Crippen LogP contribution in [0.5, 0.6) is 0 Å². The van der Waals surface area contributed by atoms with Crippen LogP contribution in [0.25, 0.3) is 0 Å². The van der Waals surface area contributed by atoms with Gasteiger partial charge < -0.3 is 20.3 Å². The van der Waals surface area contributed by atoms with Crippen molar-refractivity contribution in [1.82, 2.24) is 5.32 Å². The lowest BCUT2D eigenvalue weighted by Crippen LogP contribution is -2.45. The van der Waals surface area contributed by atoms with E-state index in [4.69, 9.17) is 4.74 Å². The Kier molecular flexibility index (Phi) is 70.8. The predicted molar refractivity (Wildman–Crippen MR) is 361 cm³/mol. The standard InChI is InChI=1S/C76H149NO5/c1-3-5-7-9-11-13-15-17-19-20-35-39-42-46-50-54-58-62-66-70-76(81)82-71-67-63-59-55-51-47-43-40-37-34-32-30-28-26-24-22-21-23-25-27-29-31-33-36-38-41-45-49-53-57-61-65-69-75(80)77-73(72-78)74(79)68-64-60-56-52-48-44-18-16-14-12-10-8-6-4-2/h24,26,73-74,78-79H,3-23,25,27-72H2,1-2H3,(H,77,80)/b26-24-. The maximum Gasteiger partial charge on any atom is 0.305 e. The van der Waals surface area contributed by atoms with Gasteiger partial charge in [0.1, 0.15) is 0 Å². The molecule has 0 heterocycles. The monoisotopic (exact) mass is 1160 g/mol. The minimum Gasteiger partial charge on any atom is -0.466 e. The van der Waals surface area contributed by atoms with Gasteiger partial charge in [-0.05, 0) is 51.4 Å². The topological polar surface area (TPSA) is 95.9 Å². The van der Waals surface area contributed by atoms with Crippen molar-refractivity contribution in [1.29, 1.82) is 0 Å². The molecule has 0 aromatic rings. The highest BCUT2D eigenvalue weighted by molar-refractivity contribution is 5.76. The number of aliphatic hydroxyl groups is 2. The summed E-state index contributed by atoms with van der Waals surface area (Å²) in [5.41, 5.74) is 0. The Balaban J connectivity index is 3.32. The molecule has 0 saturated heterocycles. The number of unbranched alkanes of at least 4 members (excludes halogenated alkanes) is 59. The van der Waals surface area contributed by atoms with Crippen LogP contribution in [-0.2, 0) is 14.3 Å². The molecule has 0 rings (SSSR count). The third-order valence-corrected chi connectivity index (χ3v) is 18.1.